The fraction of sp³-hybridized carbons (Fsp3) is 0.0500. The maximum absolute atomic E-state index is 12.8. The van der Waals surface area contributed by atoms with Crippen LogP contribution >= 0.6 is 15.9 Å². The Hall–Kier alpha value is -3.39. The molecular weight excluding hydrogens is 424 g/mol. The maximum Gasteiger partial charge on any atom is 0.326 e. The van der Waals surface area contributed by atoms with Gasteiger partial charge in [-0.3, -0.25) is 9.36 Å². The quantitative estimate of drug-likeness (QED) is 0.502. The fourth-order valence-electron chi connectivity index (χ4n) is 2.76. The molecular formula is C20H15BrN4O3. The van der Waals surface area contributed by atoms with Crippen LogP contribution in [0.1, 0.15) is 10.4 Å². The lowest BCUT2D eigenvalue weighted by Crippen LogP contribution is -2.14. The number of nitrogens with one attached hydrogen (secondary N) is 2. The molecule has 0 saturated heterocycles. The van der Waals surface area contributed by atoms with Crippen molar-refractivity contribution in [1.82, 2.24) is 14.5 Å². The second kappa shape index (κ2) is 7.32. The van der Waals surface area contributed by atoms with Crippen LogP contribution in [0, 0.1) is 0 Å². The summed E-state index contributed by atoms with van der Waals surface area (Å²) < 4.78 is 8.18. The molecule has 0 aliphatic carbocycles. The number of carbonyl (C=O) groups excluding carboxylic acids is 1. The monoisotopic (exact) mass is 438 g/mol. The van der Waals surface area contributed by atoms with Gasteiger partial charge in [-0.15, -0.1) is 0 Å². The van der Waals surface area contributed by atoms with Crippen LogP contribution in [0.25, 0.3) is 11.0 Å². The number of hydrogen-bond donors (Lipinski definition) is 2. The van der Waals surface area contributed by atoms with Crippen LogP contribution in [0.2, 0.25) is 0 Å². The summed E-state index contributed by atoms with van der Waals surface area (Å²) in [6, 6.07) is 15.8. The minimum atomic E-state index is -0.361. The topological polar surface area (TPSA) is 89.0 Å². The molecule has 4 aromatic rings. The first-order valence-corrected chi connectivity index (χ1v) is 9.19. The minimum Gasteiger partial charge on any atom is -0.438 e. The minimum absolute atomic E-state index is 0.206. The lowest BCUT2D eigenvalue weighted by molar-refractivity contribution is 0.102. The molecule has 0 spiro atoms. The lowest BCUT2D eigenvalue weighted by atomic mass is 10.2. The van der Waals surface area contributed by atoms with Crippen LogP contribution in [0.5, 0.6) is 11.6 Å². The van der Waals surface area contributed by atoms with E-state index >= 15 is 0 Å². The van der Waals surface area contributed by atoms with Crippen LogP contribution in [0.15, 0.2) is 70.1 Å². The third-order valence-electron chi connectivity index (χ3n) is 4.21. The van der Waals surface area contributed by atoms with E-state index in [0.717, 1.165) is 4.47 Å². The van der Waals surface area contributed by atoms with E-state index in [4.69, 9.17) is 4.74 Å². The van der Waals surface area contributed by atoms with E-state index in [1.807, 2.05) is 12.1 Å². The lowest BCUT2D eigenvalue weighted by Gasteiger charge is -2.10. The fourth-order valence-corrected chi connectivity index (χ4v) is 3.02. The van der Waals surface area contributed by atoms with Gasteiger partial charge in [-0.25, -0.2) is 9.78 Å². The highest BCUT2D eigenvalue weighted by atomic mass is 79.9. The number of aromatic amines is 1. The number of benzene rings is 2. The molecule has 0 unspecified atom stereocenters. The van der Waals surface area contributed by atoms with Gasteiger partial charge in [0, 0.05) is 23.4 Å². The molecule has 0 fully saturated rings. The van der Waals surface area contributed by atoms with Gasteiger partial charge in [0.25, 0.3) is 5.91 Å². The van der Waals surface area contributed by atoms with E-state index in [1.54, 1.807) is 55.7 Å². The van der Waals surface area contributed by atoms with Crippen molar-refractivity contribution in [3.05, 3.63) is 81.3 Å². The Morgan fingerprint density at radius 2 is 1.96 bits per heavy atom. The average Bonchev–Trinajstić information content (AvgIpc) is 2.98. The second-order valence-corrected chi connectivity index (χ2v) is 7.00. The van der Waals surface area contributed by atoms with Crippen molar-refractivity contribution < 1.29 is 9.53 Å². The van der Waals surface area contributed by atoms with E-state index in [0.29, 0.717) is 28.0 Å². The van der Waals surface area contributed by atoms with Gasteiger partial charge in [0.1, 0.15) is 11.3 Å². The number of carbonyl (C=O) groups is 1. The molecule has 1 amide bonds. The van der Waals surface area contributed by atoms with Gasteiger partial charge in [-0.2, -0.15) is 0 Å². The summed E-state index contributed by atoms with van der Waals surface area (Å²) in [5, 5.41) is 2.83. The highest BCUT2D eigenvalue weighted by Gasteiger charge is 2.15. The molecule has 0 bridgehead atoms. The Morgan fingerprint density at radius 1 is 1.18 bits per heavy atom. The molecule has 140 valence electrons. The number of nitrogens with zero attached hydrogens (tertiary/aromatic N) is 2. The number of ether oxygens (including phenoxy) is 1. The number of H-pyrrole nitrogens is 1. The van der Waals surface area contributed by atoms with Crippen molar-refractivity contribution in [2.45, 2.75) is 0 Å². The van der Waals surface area contributed by atoms with Crippen molar-refractivity contribution in [3.8, 4) is 11.6 Å². The Labute approximate surface area is 168 Å². The molecule has 2 aromatic carbocycles. The van der Waals surface area contributed by atoms with E-state index in [1.165, 1.54) is 4.57 Å². The molecule has 28 heavy (non-hydrogen) atoms. The van der Waals surface area contributed by atoms with E-state index in [-0.39, 0.29) is 17.5 Å². The number of aromatic nitrogens is 3. The molecule has 0 aliphatic heterocycles. The van der Waals surface area contributed by atoms with Crippen molar-refractivity contribution in [1.29, 1.82) is 0 Å². The molecule has 4 rings (SSSR count). The number of rotatable bonds is 4. The number of imidazole rings is 1. The van der Waals surface area contributed by atoms with Gasteiger partial charge in [0.05, 0.1) is 11.0 Å². The summed E-state index contributed by atoms with van der Waals surface area (Å²) in [5.74, 6) is 0.414. The number of halogens is 1. The predicted molar refractivity (Wildman–Crippen MR) is 110 cm³/mol. The molecule has 2 aromatic heterocycles. The molecule has 7 nitrogen and oxygen atoms in total. The highest BCUT2D eigenvalue weighted by Crippen LogP contribution is 2.25. The van der Waals surface area contributed by atoms with Crippen molar-refractivity contribution in [2.24, 2.45) is 7.05 Å². The smallest absolute Gasteiger partial charge is 0.326 e. The van der Waals surface area contributed by atoms with E-state index < -0.39 is 0 Å². The summed E-state index contributed by atoms with van der Waals surface area (Å²) in [4.78, 5) is 31.4. The molecule has 0 saturated carbocycles. The standard InChI is InChI=1S/C20H15BrN4O3/c1-25-17-11-13(6-9-16(17)24-20(25)27)23-18(26)15-3-2-10-22-19(15)28-14-7-4-12(21)5-8-14/h2-11H,1H3,(H,23,26)(H,24,27). The Kier molecular flexibility index (Phi) is 4.70. The number of pyridine rings is 1. The van der Waals surface area contributed by atoms with Crippen molar-refractivity contribution >= 4 is 38.6 Å². The third kappa shape index (κ3) is 3.54. The molecule has 2 heterocycles. The zero-order valence-corrected chi connectivity index (χ0v) is 16.4. The summed E-state index contributed by atoms with van der Waals surface area (Å²) in [6.07, 6.45) is 1.56. The number of amides is 1. The van der Waals surface area contributed by atoms with Crippen LogP contribution in [-0.2, 0) is 7.05 Å². The van der Waals surface area contributed by atoms with E-state index in [9.17, 15) is 9.59 Å². The average molecular weight is 439 g/mol. The van der Waals surface area contributed by atoms with Crippen LogP contribution in [-0.4, -0.2) is 20.4 Å². The maximum atomic E-state index is 12.8. The van der Waals surface area contributed by atoms with Crippen molar-refractivity contribution in [3.63, 3.8) is 0 Å². The molecule has 0 aliphatic rings. The first kappa shape index (κ1) is 18.0. The number of anilines is 1. The van der Waals surface area contributed by atoms with Crippen LogP contribution < -0.4 is 15.7 Å². The summed E-state index contributed by atoms with van der Waals surface area (Å²) in [6.45, 7) is 0. The molecule has 8 heteroatoms. The summed E-state index contributed by atoms with van der Waals surface area (Å²) in [7, 11) is 1.66. The van der Waals surface area contributed by atoms with Gasteiger partial charge >= 0.3 is 5.69 Å². The predicted octanol–water partition coefficient (Wildman–Crippen LogP) is 4.07. The molecule has 0 atom stereocenters. The number of aryl methyl sites for hydroxylation is 1. The van der Waals surface area contributed by atoms with Crippen LogP contribution in [0.3, 0.4) is 0 Å². The third-order valence-corrected chi connectivity index (χ3v) is 4.74. The number of fused-ring (bicyclic) bond motifs is 1. The summed E-state index contributed by atoms with van der Waals surface area (Å²) in [5.41, 5.74) is 2.04. The first-order chi connectivity index (χ1) is 13.5. The van der Waals surface area contributed by atoms with Gasteiger partial charge in [-0.1, -0.05) is 15.9 Å². The SMILES string of the molecule is Cn1c(=O)[nH]c2ccc(NC(=O)c3cccnc3Oc3ccc(Br)cc3)cc21. The van der Waals surface area contributed by atoms with Gasteiger partial charge in [0.15, 0.2) is 0 Å². The Balaban J connectivity index is 1.61. The van der Waals surface area contributed by atoms with Crippen LogP contribution in [0.4, 0.5) is 5.69 Å². The van der Waals surface area contributed by atoms with Gasteiger partial charge < -0.3 is 15.0 Å². The molecule has 2 N–H and O–H groups in total. The highest BCUT2D eigenvalue weighted by molar-refractivity contribution is 9.10. The van der Waals surface area contributed by atoms with Gasteiger partial charge in [0.2, 0.25) is 5.88 Å². The second-order valence-electron chi connectivity index (χ2n) is 6.09. The van der Waals surface area contributed by atoms with Gasteiger partial charge in [-0.05, 0) is 54.6 Å². The summed E-state index contributed by atoms with van der Waals surface area (Å²) >= 11 is 3.37. The Bertz CT molecular complexity index is 1230. The largest absolute Gasteiger partial charge is 0.438 e. The van der Waals surface area contributed by atoms with E-state index in [2.05, 4.69) is 31.2 Å². The zero-order valence-electron chi connectivity index (χ0n) is 14.8. The van der Waals surface area contributed by atoms with Crippen molar-refractivity contribution in [2.75, 3.05) is 5.32 Å². The normalized spacial score (nSPS) is 10.8. The molecule has 0 radical (unpaired) electrons. The zero-order chi connectivity index (χ0) is 19.7. The number of hydrogen-bond acceptors (Lipinski definition) is 4. The Morgan fingerprint density at radius 3 is 2.75 bits per heavy atom. The first-order valence-electron chi connectivity index (χ1n) is 8.40.